The van der Waals surface area contributed by atoms with Gasteiger partial charge in [0, 0.05) is 7.05 Å². The number of amides is 2. The van der Waals surface area contributed by atoms with Crippen LogP contribution in [0.5, 0.6) is 0 Å². The summed E-state index contributed by atoms with van der Waals surface area (Å²) >= 11 is 0. The van der Waals surface area contributed by atoms with Crippen molar-refractivity contribution in [2.45, 2.75) is 63.5 Å². The zero-order valence-corrected chi connectivity index (χ0v) is 11.0. The molecule has 4 nitrogen and oxygen atoms in total. The van der Waals surface area contributed by atoms with Crippen molar-refractivity contribution in [3.05, 3.63) is 0 Å². The monoisotopic (exact) mass is 238 g/mol. The third kappa shape index (κ3) is 1.65. The molecule has 1 spiro atoms. The predicted molar refractivity (Wildman–Crippen MR) is 65.4 cm³/mol. The lowest BCUT2D eigenvalue weighted by Gasteiger charge is -2.51. The van der Waals surface area contributed by atoms with Crippen LogP contribution in [0.1, 0.15) is 52.4 Å². The van der Waals surface area contributed by atoms with Crippen LogP contribution >= 0.6 is 0 Å². The van der Waals surface area contributed by atoms with Gasteiger partial charge in [0.15, 0.2) is 0 Å². The van der Waals surface area contributed by atoms with Gasteiger partial charge in [-0.05, 0) is 26.2 Å². The van der Waals surface area contributed by atoms with Gasteiger partial charge in [-0.25, -0.2) is 0 Å². The van der Waals surface area contributed by atoms with E-state index in [0.29, 0.717) is 6.42 Å². The average molecular weight is 238 g/mol. The molecule has 0 radical (unpaired) electrons. The van der Waals surface area contributed by atoms with Crippen molar-refractivity contribution in [3.8, 4) is 0 Å². The number of hydrogen-bond acceptors (Lipinski definition) is 2. The molecule has 1 saturated heterocycles. The first-order chi connectivity index (χ1) is 7.96. The molecule has 1 aliphatic heterocycles. The number of carbonyl (C=O) groups is 2. The Labute approximate surface area is 103 Å². The number of carbonyl (C=O) groups excluding carboxylic acids is 2. The lowest BCUT2D eigenvalue weighted by Crippen LogP contribution is -2.74. The second-order valence-corrected chi connectivity index (χ2v) is 5.60. The molecule has 1 unspecified atom stereocenters. The summed E-state index contributed by atoms with van der Waals surface area (Å²) in [6, 6.07) is 0. The average Bonchev–Trinajstić information content (AvgIpc) is 2.36. The predicted octanol–water partition coefficient (Wildman–Crippen LogP) is 1.45. The molecule has 2 fully saturated rings. The van der Waals surface area contributed by atoms with Crippen molar-refractivity contribution in [3.63, 3.8) is 0 Å². The zero-order valence-electron chi connectivity index (χ0n) is 11.0. The van der Waals surface area contributed by atoms with Crippen molar-refractivity contribution < 1.29 is 9.59 Å². The van der Waals surface area contributed by atoms with Gasteiger partial charge in [-0.15, -0.1) is 0 Å². The number of nitrogens with zero attached hydrogens (tertiary/aromatic N) is 1. The minimum atomic E-state index is -0.714. The Morgan fingerprint density at radius 3 is 2.35 bits per heavy atom. The molecule has 1 aliphatic carbocycles. The summed E-state index contributed by atoms with van der Waals surface area (Å²) in [5.41, 5.74) is -1.28. The molecule has 96 valence electrons. The third-order valence-electron chi connectivity index (χ3n) is 4.62. The Kier molecular flexibility index (Phi) is 2.92. The van der Waals surface area contributed by atoms with Crippen LogP contribution < -0.4 is 5.32 Å². The van der Waals surface area contributed by atoms with Crippen molar-refractivity contribution in [1.82, 2.24) is 10.2 Å². The summed E-state index contributed by atoms with van der Waals surface area (Å²) < 4.78 is 0. The first kappa shape index (κ1) is 12.4. The molecule has 17 heavy (non-hydrogen) atoms. The second-order valence-electron chi connectivity index (χ2n) is 5.60. The van der Waals surface area contributed by atoms with Gasteiger partial charge < -0.3 is 10.2 Å². The van der Waals surface area contributed by atoms with Crippen molar-refractivity contribution in [2.75, 3.05) is 7.05 Å². The van der Waals surface area contributed by atoms with E-state index in [0.717, 1.165) is 25.7 Å². The van der Waals surface area contributed by atoms with E-state index in [1.165, 1.54) is 6.42 Å². The largest absolute Gasteiger partial charge is 0.340 e. The first-order valence-corrected chi connectivity index (χ1v) is 6.57. The topological polar surface area (TPSA) is 49.4 Å². The molecule has 0 aromatic carbocycles. The minimum absolute atomic E-state index is 0.0450. The fourth-order valence-electron chi connectivity index (χ4n) is 3.08. The number of nitrogens with one attached hydrogen (secondary N) is 1. The molecule has 2 amide bonds. The summed E-state index contributed by atoms with van der Waals surface area (Å²) in [4.78, 5) is 26.5. The van der Waals surface area contributed by atoms with Gasteiger partial charge in [0.25, 0.3) is 0 Å². The third-order valence-corrected chi connectivity index (χ3v) is 4.62. The number of rotatable bonds is 1. The summed E-state index contributed by atoms with van der Waals surface area (Å²) in [5.74, 6) is 0.102. The molecule has 1 N–H and O–H groups in total. The van der Waals surface area contributed by atoms with Crippen LogP contribution in [-0.4, -0.2) is 34.8 Å². The van der Waals surface area contributed by atoms with Gasteiger partial charge in [-0.1, -0.05) is 26.2 Å². The molecular formula is C13H22N2O2. The normalized spacial score (nSPS) is 32.8. The van der Waals surface area contributed by atoms with E-state index in [1.54, 1.807) is 11.9 Å². The van der Waals surface area contributed by atoms with Gasteiger partial charge in [-0.3, -0.25) is 9.59 Å². The van der Waals surface area contributed by atoms with Gasteiger partial charge >= 0.3 is 0 Å². The van der Waals surface area contributed by atoms with E-state index in [9.17, 15) is 9.59 Å². The van der Waals surface area contributed by atoms with Gasteiger partial charge in [-0.2, -0.15) is 0 Å². The van der Waals surface area contributed by atoms with E-state index < -0.39 is 11.1 Å². The Morgan fingerprint density at radius 2 is 1.82 bits per heavy atom. The second kappa shape index (κ2) is 4.00. The Balaban J connectivity index is 2.33. The van der Waals surface area contributed by atoms with Gasteiger partial charge in [0.2, 0.25) is 11.8 Å². The molecule has 2 aliphatic rings. The highest BCUT2D eigenvalue weighted by Crippen LogP contribution is 2.38. The van der Waals surface area contributed by atoms with Crippen molar-refractivity contribution >= 4 is 11.8 Å². The zero-order chi connectivity index (χ0) is 12.7. The van der Waals surface area contributed by atoms with Crippen LogP contribution in [0.2, 0.25) is 0 Å². The highest BCUT2D eigenvalue weighted by molar-refractivity contribution is 6.02. The molecule has 0 aromatic rings. The highest BCUT2D eigenvalue weighted by atomic mass is 16.2. The lowest BCUT2D eigenvalue weighted by molar-refractivity contribution is -0.162. The lowest BCUT2D eigenvalue weighted by atomic mass is 9.75. The smallest absolute Gasteiger partial charge is 0.248 e. The standard InChI is InChI=1S/C13H22N2O2/c1-4-12(2)11(17)15(3)13(10(16)14-12)8-6-5-7-9-13/h4-9H2,1-3H3,(H,14,16). The minimum Gasteiger partial charge on any atom is -0.340 e. The van der Waals surface area contributed by atoms with Crippen LogP contribution in [0.15, 0.2) is 0 Å². The van der Waals surface area contributed by atoms with E-state index in [-0.39, 0.29) is 11.8 Å². The van der Waals surface area contributed by atoms with Gasteiger partial charge in [0.05, 0.1) is 0 Å². The van der Waals surface area contributed by atoms with Gasteiger partial charge in [0.1, 0.15) is 11.1 Å². The molecule has 0 aromatic heterocycles. The highest BCUT2D eigenvalue weighted by Gasteiger charge is 2.54. The molecule has 2 rings (SSSR count). The fraction of sp³-hybridized carbons (Fsp3) is 0.846. The summed E-state index contributed by atoms with van der Waals surface area (Å²) in [6.45, 7) is 3.75. The fourth-order valence-corrected chi connectivity index (χ4v) is 3.08. The van der Waals surface area contributed by atoms with Crippen LogP contribution in [0.25, 0.3) is 0 Å². The maximum Gasteiger partial charge on any atom is 0.248 e. The summed E-state index contributed by atoms with van der Waals surface area (Å²) in [7, 11) is 1.79. The van der Waals surface area contributed by atoms with E-state index in [1.807, 2.05) is 13.8 Å². The van der Waals surface area contributed by atoms with Crippen molar-refractivity contribution in [1.29, 1.82) is 0 Å². The molecule has 1 saturated carbocycles. The van der Waals surface area contributed by atoms with E-state index >= 15 is 0 Å². The Morgan fingerprint density at radius 1 is 1.24 bits per heavy atom. The Hall–Kier alpha value is -1.06. The molecule has 1 atom stereocenters. The van der Waals surface area contributed by atoms with Crippen LogP contribution in [0.3, 0.4) is 0 Å². The Bertz CT molecular complexity index is 347. The maximum absolute atomic E-state index is 12.4. The summed E-state index contributed by atoms with van der Waals surface area (Å²) in [5, 5.41) is 2.95. The number of piperazine rings is 1. The van der Waals surface area contributed by atoms with Crippen molar-refractivity contribution in [2.24, 2.45) is 0 Å². The maximum atomic E-state index is 12.4. The number of likely N-dealkylation sites (N-methyl/N-ethyl adjacent to an activating group) is 1. The molecular weight excluding hydrogens is 216 g/mol. The summed E-state index contributed by atoms with van der Waals surface area (Å²) in [6.07, 6.45) is 5.49. The first-order valence-electron chi connectivity index (χ1n) is 6.57. The molecule has 4 heteroatoms. The number of hydrogen-bond donors (Lipinski definition) is 1. The SMILES string of the molecule is CCC1(C)NC(=O)C2(CCCCC2)N(C)C1=O. The quantitative estimate of drug-likeness (QED) is 0.751. The molecule has 1 heterocycles. The van der Waals surface area contributed by atoms with Crippen LogP contribution in [0, 0.1) is 0 Å². The molecule has 0 bridgehead atoms. The van der Waals surface area contributed by atoms with Crippen LogP contribution in [-0.2, 0) is 9.59 Å². The van der Waals surface area contributed by atoms with E-state index in [2.05, 4.69) is 5.32 Å². The van der Waals surface area contributed by atoms with Crippen LogP contribution in [0.4, 0.5) is 0 Å². The van der Waals surface area contributed by atoms with E-state index in [4.69, 9.17) is 0 Å².